The normalized spacial score (nSPS) is 11.4. The molecule has 0 fully saturated rings. The number of amides is 1. The highest BCUT2D eigenvalue weighted by Crippen LogP contribution is 2.10. The van der Waals surface area contributed by atoms with E-state index >= 15 is 0 Å². The molecule has 0 radical (unpaired) electrons. The van der Waals surface area contributed by atoms with Crippen LogP contribution in [-0.4, -0.2) is 45.3 Å². The van der Waals surface area contributed by atoms with Crippen LogP contribution in [0.4, 0.5) is 0 Å². The Morgan fingerprint density at radius 3 is 2.50 bits per heavy atom. The molecule has 0 aliphatic carbocycles. The molecule has 1 heterocycles. The second kappa shape index (κ2) is 4.89. The van der Waals surface area contributed by atoms with Crippen molar-refractivity contribution >= 4 is 5.91 Å². The summed E-state index contributed by atoms with van der Waals surface area (Å²) in [4.78, 5) is 25.2. The number of aryl methyl sites for hydroxylation is 1. The molecule has 6 nitrogen and oxygen atoms in total. The molecule has 0 saturated carbocycles. The summed E-state index contributed by atoms with van der Waals surface area (Å²) < 4.78 is 0. The molecule has 6 heteroatoms. The van der Waals surface area contributed by atoms with E-state index in [9.17, 15) is 14.7 Å². The first-order valence-electron chi connectivity index (χ1n) is 5.67. The average Bonchev–Trinajstić information content (AvgIpc) is 2.21. The van der Waals surface area contributed by atoms with Crippen LogP contribution in [0.3, 0.4) is 0 Å². The number of H-pyrrole nitrogens is 1. The van der Waals surface area contributed by atoms with E-state index in [2.05, 4.69) is 10.2 Å². The van der Waals surface area contributed by atoms with E-state index in [1.165, 1.54) is 4.90 Å². The van der Waals surface area contributed by atoms with E-state index in [-0.39, 0.29) is 12.1 Å². The smallest absolute Gasteiger partial charge is 0.277 e. The summed E-state index contributed by atoms with van der Waals surface area (Å²) in [5.41, 5.74) is -0.270. The lowest BCUT2D eigenvalue weighted by Crippen LogP contribution is -2.42. The number of aromatic nitrogens is 2. The molecule has 1 rings (SSSR count). The van der Waals surface area contributed by atoms with E-state index in [0.717, 1.165) is 0 Å². The maximum atomic E-state index is 12.2. The summed E-state index contributed by atoms with van der Waals surface area (Å²) in [7, 11) is 1.55. The number of carbonyl (C=O) groups excluding carboxylic acids is 1. The summed E-state index contributed by atoms with van der Waals surface area (Å²) in [6, 6.07) is 0. The van der Waals surface area contributed by atoms with Crippen LogP contribution in [-0.2, 0) is 0 Å². The third kappa shape index (κ3) is 3.16. The van der Waals surface area contributed by atoms with Gasteiger partial charge in [-0.25, -0.2) is 5.10 Å². The zero-order chi connectivity index (χ0) is 14.1. The maximum Gasteiger partial charge on any atom is 0.277 e. The average molecular weight is 253 g/mol. The highest BCUT2D eigenvalue weighted by molar-refractivity contribution is 5.95. The van der Waals surface area contributed by atoms with Crippen LogP contribution >= 0.6 is 0 Å². The Kier molecular flexibility index (Phi) is 3.91. The highest BCUT2D eigenvalue weighted by Gasteiger charge is 2.24. The Balaban J connectivity index is 3.12. The number of likely N-dealkylation sites (N-methyl/N-ethyl adjacent to an activating group) is 1. The number of aromatic amines is 1. The standard InChI is InChI=1S/C12H19N3O3/c1-7-8(2)13-14-10(16)9(7)11(17)15(5)6-12(3,4)18/h18H,6H2,1-5H3,(H,14,16). The second-order valence-corrected chi connectivity index (χ2v) is 5.11. The lowest BCUT2D eigenvalue weighted by Gasteiger charge is -2.25. The fourth-order valence-electron chi connectivity index (χ4n) is 1.73. The number of hydrogen-bond donors (Lipinski definition) is 2. The minimum Gasteiger partial charge on any atom is -0.389 e. The minimum absolute atomic E-state index is 0.0780. The molecule has 0 saturated heterocycles. The predicted molar refractivity (Wildman–Crippen MR) is 67.6 cm³/mol. The van der Waals surface area contributed by atoms with Gasteiger partial charge in [-0.1, -0.05) is 0 Å². The summed E-state index contributed by atoms with van der Waals surface area (Å²) in [5.74, 6) is -0.415. The number of aliphatic hydroxyl groups is 1. The third-order valence-electron chi connectivity index (χ3n) is 2.65. The summed E-state index contributed by atoms with van der Waals surface area (Å²) in [6.07, 6.45) is 0. The quantitative estimate of drug-likeness (QED) is 0.807. The number of rotatable bonds is 3. The Morgan fingerprint density at radius 1 is 1.44 bits per heavy atom. The second-order valence-electron chi connectivity index (χ2n) is 5.11. The molecule has 0 aliphatic heterocycles. The lowest BCUT2D eigenvalue weighted by molar-refractivity contribution is 0.0366. The number of nitrogens with one attached hydrogen (secondary N) is 1. The molecule has 1 aromatic heterocycles. The Bertz CT molecular complexity index is 514. The first-order valence-corrected chi connectivity index (χ1v) is 5.67. The van der Waals surface area contributed by atoms with Crippen LogP contribution in [0.15, 0.2) is 4.79 Å². The highest BCUT2D eigenvalue weighted by atomic mass is 16.3. The number of carbonyl (C=O) groups is 1. The molecule has 0 bridgehead atoms. The molecule has 100 valence electrons. The lowest BCUT2D eigenvalue weighted by atomic mass is 10.1. The fraction of sp³-hybridized carbons (Fsp3) is 0.583. The van der Waals surface area contributed by atoms with E-state index in [1.807, 2.05) is 0 Å². The van der Waals surface area contributed by atoms with Crippen LogP contribution < -0.4 is 5.56 Å². The van der Waals surface area contributed by atoms with Gasteiger partial charge in [-0.05, 0) is 33.3 Å². The van der Waals surface area contributed by atoms with Crippen LogP contribution in [0.25, 0.3) is 0 Å². The summed E-state index contributed by atoms with van der Waals surface area (Å²) in [6.45, 7) is 6.75. The van der Waals surface area contributed by atoms with Crippen molar-refractivity contribution in [3.8, 4) is 0 Å². The number of nitrogens with zero attached hydrogens (tertiary/aromatic N) is 2. The Hall–Kier alpha value is -1.69. The molecule has 0 spiro atoms. The minimum atomic E-state index is -1.01. The van der Waals surface area contributed by atoms with Gasteiger partial charge in [0.25, 0.3) is 11.5 Å². The van der Waals surface area contributed by atoms with Gasteiger partial charge in [-0.2, -0.15) is 5.10 Å². The monoisotopic (exact) mass is 253 g/mol. The molecular weight excluding hydrogens is 234 g/mol. The molecule has 1 amide bonds. The van der Waals surface area contributed by atoms with E-state index in [1.54, 1.807) is 34.7 Å². The molecule has 1 aromatic rings. The first-order chi connectivity index (χ1) is 8.13. The van der Waals surface area contributed by atoms with Gasteiger partial charge in [0, 0.05) is 13.6 Å². The molecule has 0 aromatic carbocycles. The maximum absolute atomic E-state index is 12.2. The van der Waals surface area contributed by atoms with Gasteiger partial charge in [-0.3, -0.25) is 9.59 Å². The topological polar surface area (TPSA) is 86.3 Å². The molecule has 0 atom stereocenters. The fourth-order valence-corrected chi connectivity index (χ4v) is 1.73. The molecule has 0 aliphatic rings. The van der Waals surface area contributed by atoms with Gasteiger partial charge in [-0.15, -0.1) is 0 Å². The van der Waals surface area contributed by atoms with Crippen molar-refractivity contribution in [2.24, 2.45) is 0 Å². The van der Waals surface area contributed by atoms with Gasteiger partial charge in [0.1, 0.15) is 5.56 Å². The van der Waals surface area contributed by atoms with Crippen LogP contribution in [0.5, 0.6) is 0 Å². The van der Waals surface area contributed by atoms with Crippen molar-refractivity contribution in [3.05, 3.63) is 27.2 Å². The van der Waals surface area contributed by atoms with Crippen LogP contribution in [0.1, 0.15) is 35.5 Å². The summed E-state index contributed by atoms with van der Waals surface area (Å²) in [5, 5.41) is 15.8. The first kappa shape index (κ1) is 14.4. The summed E-state index contributed by atoms with van der Waals surface area (Å²) >= 11 is 0. The SMILES string of the molecule is Cc1n[nH]c(=O)c(C(=O)N(C)CC(C)(C)O)c1C. The van der Waals surface area contributed by atoms with E-state index in [0.29, 0.717) is 11.3 Å². The van der Waals surface area contributed by atoms with Crippen molar-refractivity contribution < 1.29 is 9.90 Å². The van der Waals surface area contributed by atoms with Gasteiger partial charge in [0.2, 0.25) is 0 Å². The molecule has 0 unspecified atom stereocenters. The van der Waals surface area contributed by atoms with Crippen molar-refractivity contribution in [2.75, 3.05) is 13.6 Å². The van der Waals surface area contributed by atoms with E-state index in [4.69, 9.17) is 0 Å². The third-order valence-corrected chi connectivity index (χ3v) is 2.65. The zero-order valence-corrected chi connectivity index (χ0v) is 11.4. The predicted octanol–water partition coefficient (Wildman–Crippen LogP) is 0.230. The van der Waals surface area contributed by atoms with Crippen molar-refractivity contribution in [1.29, 1.82) is 0 Å². The molecular formula is C12H19N3O3. The zero-order valence-electron chi connectivity index (χ0n) is 11.4. The molecule has 18 heavy (non-hydrogen) atoms. The van der Waals surface area contributed by atoms with Gasteiger partial charge in [0.05, 0.1) is 11.3 Å². The van der Waals surface area contributed by atoms with E-state index < -0.39 is 17.1 Å². The van der Waals surface area contributed by atoms with Gasteiger partial charge in [0.15, 0.2) is 0 Å². The van der Waals surface area contributed by atoms with Crippen molar-refractivity contribution in [3.63, 3.8) is 0 Å². The van der Waals surface area contributed by atoms with Crippen LogP contribution in [0.2, 0.25) is 0 Å². The van der Waals surface area contributed by atoms with Crippen LogP contribution in [0, 0.1) is 13.8 Å². The number of hydrogen-bond acceptors (Lipinski definition) is 4. The van der Waals surface area contributed by atoms with Crippen molar-refractivity contribution in [1.82, 2.24) is 15.1 Å². The van der Waals surface area contributed by atoms with Crippen molar-refractivity contribution in [2.45, 2.75) is 33.3 Å². The molecule has 2 N–H and O–H groups in total. The Morgan fingerprint density at radius 2 is 2.00 bits per heavy atom. The van der Waals surface area contributed by atoms with Gasteiger partial charge < -0.3 is 10.0 Å². The largest absolute Gasteiger partial charge is 0.389 e. The Labute approximate surface area is 106 Å². The van der Waals surface area contributed by atoms with Gasteiger partial charge >= 0.3 is 0 Å².